The van der Waals surface area contributed by atoms with Crippen molar-refractivity contribution in [3.8, 4) is 0 Å². The van der Waals surface area contributed by atoms with Crippen LogP contribution in [0.1, 0.15) is 99.7 Å². The van der Waals surface area contributed by atoms with Crippen molar-refractivity contribution in [2.75, 3.05) is 0 Å². The molecule has 4 rings (SSSR count). The quantitative estimate of drug-likeness (QED) is 0.564. The van der Waals surface area contributed by atoms with Gasteiger partial charge in [-0.2, -0.15) is 0 Å². The summed E-state index contributed by atoms with van der Waals surface area (Å²) in [6.07, 6.45) is 7.50. The minimum Gasteiger partial charge on any atom is -0.289 e. The smallest absolute Gasteiger partial charge is 0.193 e. The van der Waals surface area contributed by atoms with Crippen molar-refractivity contribution in [2.24, 2.45) is 0 Å². The Hall–Kier alpha value is -1.89. The van der Waals surface area contributed by atoms with Crippen LogP contribution in [0.5, 0.6) is 0 Å². The second kappa shape index (κ2) is 6.68. The Kier molecular flexibility index (Phi) is 4.50. The minimum absolute atomic E-state index is 0.257. The van der Waals surface area contributed by atoms with Gasteiger partial charge in [0.25, 0.3) is 0 Å². The SMILES string of the molecule is Cc1cc(C)c(C2CCC2)c(C(=O)c2cc(C)cc(C)c2C2CCC2)c1. The molecule has 0 heterocycles. The summed E-state index contributed by atoms with van der Waals surface area (Å²) < 4.78 is 0. The molecule has 2 aliphatic rings. The molecule has 0 bridgehead atoms. The highest BCUT2D eigenvalue weighted by molar-refractivity contribution is 6.11. The Morgan fingerprint density at radius 1 is 0.692 bits per heavy atom. The minimum atomic E-state index is 0.257. The fourth-order valence-corrected chi connectivity index (χ4v) is 4.96. The van der Waals surface area contributed by atoms with Crippen molar-refractivity contribution in [3.05, 3.63) is 68.8 Å². The number of hydrogen-bond donors (Lipinski definition) is 0. The van der Waals surface area contributed by atoms with Crippen molar-refractivity contribution in [2.45, 2.75) is 78.1 Å². The first kappa shape index (κ1) is 17.5. The van der Waals surface area contributed by atoms with Crippen LogP contribution in [0.2, 0.25) is 0 Å². The summed E-state index contributed by atoms with van der Waals surface area (Å²) in [4.78, 5) is 13.8. The van der Waals surface area contributed by atoms with Gasteiger partial charge in [0, 0.05) is 11.1 Å². The summed E-state index contributed by atoms with van der Waals surface area (Å²) in [5.74, 6) is 1.41. The summed E-state index contributed by atoms with van der Waals surface area (Å²) >= 11 is 0. The fraction of sp³-hybridized carbons (Fsp3) is 0.480. The molecule has 136 valence electrons. The van der Waals surface area contributed by atoms with E-state index in [4.69, 9.17) is 0 Å². The van der Waals surface area contributed by atoms with Gasteiger partial charge in [0.1, 0.15) is 0 Å². The lowest BCUT2D eigenvalue weighted by Crippen LogP contribution is -2.20. The van der Waals surface area contributed by atoms with E-state index in [1.807, 2.05) is 0 Å². The summed E-state index contributed by atoms with van der Waals surface area (Å²) in [7, 11) is 0. The monoisotopic (exact) mass is 346 g/mol. The molecule has 26 heavy (non-hydrogen) atoms. The van der Waals surface area contributed by atoms with Crippen molar-refractivity contribution in [1.82, 2.24) is 0 Å². The van der Waals surface area contributed by atoms with Crippen LogP contribution >= 0.6 is 0 Å². The van der Waals surface area contributed by atoms with Crippen molar-refractivity contribution in [3.63, 3.8) is 0 Å². The van der Waals surface area contributed by atoms with E-state index < -0.39 is 0 Å². The highest BCUT2D eigenvalue weighted by Gasteiger charge is 2.30. The van der Waals surface area contributed by atoms with Gasteiger partial charge in [-0.3, -0.25) is 4.79 Å². The number of aryl methyl sites for hydroxylation is 4. The third-order valence-corrected chi connectivity index (χ3v) is 6.58. The van der Waals surface area contributed by atoms with Gasteiger partial charge in [0.05, 0.1) is 0 Å². The van der Waals surface area contributed by atoms with Crippen molar-refractivity contribution >= 4 is 5.78 Å². The van der Waals surface area contributed by atoms with Crippen LogP contribution in [0.25, 0.3) is 0 Å². The van der Waals surface area contributed by atoms with Crippen LogP contribution in [0, 0.1) is 27.7 Å². The molecule has 0 amide bonds. The number of hydrogen-bond acceptors (Lipinski definition) is 1. The van der Waals surface area contributed by atoms with Gasteiger partial charge in [-0.05, 0) is 99.6 Å². The van der Waals surface area contributed by atoms with E-state index in [2.05, 4.69) is 52.0 Å². The zero-order chi connectivity index (χ0) is 18.4. The van der Waals surface area contributed by atoms with Gasteiger partial charge in [-0.1, -0.05) is 36.1 Å². The predicted molar refractivity (Wildman–Crippen MR) is 108 cm³/mol. The van der Waals surface area contributed by atoms with E-state index in [0.29, 0.717) is 11.8 Å². The number of ketones is 1. The third-order valence-electron chi connectivity index (χ3n) is 6.58. The Balaban J connectivity index is 1.86. The van der Waals surface area contributed by atoms with E-state index in [-0.39, 0.29) is 5.78 Å². The molecule has 0 saturated heterocycles. The molecule has 2 aromatic rings. The second-order valence-corrected chi connectivity index (χ2v) is 8.67. The van der Waals surface area contributed by atoms with E-state index in [1.165, 1.54) is 71.9 Å². The standard InChI is InChI=1S/C25H30O/c1-15-11-17(3)23(19-7-5-8-19)21(13-15)25(26)22-14-16(2)12-18(4)24(22)20-9-6-10-20/h11-14,19-20H,5-10H2,1-4H3. The molecule has 0 N–H and O–H groups in total. The predicted octanol–water partition coefficient (Wildman–Crippen LogP) is 6.69. The molecule has 1 heteroatoms. The van der Waals surface area contributed by atoms with Gasteiger partial charge >= 0.3 is 0 Å². The molecule has 2 fully saturated rings. The zero-order valence-electron chi connectivity index (χ0n) is 16.6. The van der Waals surface area contributed by atoms with Crippen molar-refractivity contribution in [1.29, 1.82) is 0 Å². The molecule has 0 spiro atoms. The topological polar surface area (TPSA) is 17.1 Å². The van der Waals surface area contributed by atoms with Gasteiger partial charge in [-0.25, -0.2) is 0 Å². The maximum absolute atomic E-state index is 13.8. The largest absolute Gasteiger partial charge is 0.289 e. The number of carbonyl (C=O) groups is 1. The van der Waals surface area contributed by atoms with Gasteiger partial charge in [0.15, 0.2) is 5.78 Å². The lowest BCUT2D eigenvalue weighted by Gasteiger charge is -2.32. The molecule has 0 aromatic heterocycles. The van der Waals surface area contributed by atoms with Crippen LogP contribution < -0.4 is 0 Å². The Morgan fingerprint density at radius 2 is 1.08 bits per heavy atom. The molecule has 0 radical (unpaired) electrons. The molecule has 2 aliphatic carbocycles. The van der Waals surface area contributed by atoms with Crippen LogP contribution in [0.15, 0.2) is 24.3 Å². The van der Waals surface area contributed by atoms with Gasteiger partial charge in [0.2, 0.25) is 0 Å². The van der Waals surface area contributed by atoms with Crippen molar-refractivity contribution < 1.29 is 4.79 Å². The lowest BCUT2D eigenvalue weighted by atomic mass is 9.72. The van der Waals surface area contributed by atoms with Gasteiger partial charge < -0.3 is 0 Å². The Morgan fingerprint density at radius 3 is 1.38 bits per heavy atom. The van der Waals surface area contributed by atoms with Crippen LogP contribution in [-0.2, 0) is 0 Å². The zero-order valence-corrected chi connectivity index (χ0v) is 16.6. The van der Waals surface area contributed by atoms with E-state index in [0.717, 1.165) is 11.1 Å². The molecule has 0 atom stereocenters. The maximum Gasteiger partial charge on any atom is 0.193 e. The van der Waals surface area contributed by atoms with Gasteiger partial charge in [-0.15, -0.1) is 0 Å². The molecular weight excluding hydrogens is 316 g/mol. The van der Waals surface area contributed by atoms with E-state index in [9.17, 15) is 4.79 Å². The highest BCUT2D eigenvalue weighted by Crippen LogP contribution is 2.43. The van der Waals surface area contributed by atoms with Crippen LogP contribution in [0.3, 0.4) is 0 Å². The van der Waals surface area contributed by atoms with Crippen LogP contribution in [0.4, 0.5) is 0 Å². The first-order chi connectivity index (χ1) is 12.5. The number of benzene rings is 2. The molecule has 1 nitrogen and oxygen atoms in total. The summed E-state index contributed by atoms with van der Waals surface area (Å²) in [5.41, 5.74) is 9.58. The van der Waals surface area contributed by atoms with E-state index >= 15 is 0 Å². The average Bonchev–Trinajstić information content (AvgIpc) is 2.47. The number of carbonyl (C=O) groups excluding carboxylic acids is 1. The fourth-order valence-electron chi connectivity index (χ4n) is 4.96. The Bertz CT molecular complexity index is 795. The maximum atomic E-state index is 13.8. The van der Waals surface area contributed by atoms with E-state index in [1.54, 1.807) is 0 Å². The summed E-state index contributed by atoms with van der Waals surface area (Å²) in [6.45, 7) is 8.60. The van der Waals surface area contributed by atoms with Crippen LogP contribution in [-0.4, -0.2) is 5.78 Å². The third kappa shape index (κ3) is 2.92. The first-order valence-electron chi connectivity index (χ1n) is 10.2. The highest BCUT2D eigenvalue weighted by atomic mass is 16.1. The molecule has 2 saturated carbocycles. The second-order valence-electron chi connectivity index (χ2n) is 8.67. The summed E-state index contributed by atoms with van der Waals surface area (Å²) in [5, 5.41) is 0. The molecule has 0 aliphatic heterocycles. The normalized spacial score (nSPS) is 17.7. The number of rotatable bonds is 4. The average molecular weight is 347 g/mol. The molecule has 2 aromatic carbocycles. The summed E-state index contributed by atoms with van der Waals surface area (Å²) in [6, 6.07) is 8.79. The first-order valence-corrected chi connectivity index (χ1v) is 10.2. The molecular formula is C25H30O. The Labute approximate surface area is 157 Å². The molecule has 0 unspecified atom stereocenters. The lowest BCUT2D eigenvalue weighted by molar-refractivity contribution is 0.103.